The molecule has 0 aliphatic heterocycles. The molecule has 0 amide bonds. The third kappa shape index (κ3) is 1.98. The summed E-state index contributed by atoms with van der Waals surface area (Å²) in [5.41, 5.74) is 3.91. The summed E-state index contributed by atoms with van der Waals surface area (Å²) in [5, 5.41) is 0. The zero-order valence-electron chi connectivity index (χ0n) is 9.26. The van der Waals surface area contributed by atoms with E-state index in [4.69, 9.17) is 4.74 Å². The zero-order chi connectivity index (χ0) is 10.6. The van der Waals surface area contributed by atoms with Crippen LogP contribution in [0.5, 0.6) is 5.75 Å². The highest BCUT2D eigenvalue weighted by Gasteiger charge is 2.05. The normalized spacial score (nSPS) is 9.93. The molecule has 1 nitrogen and oxygen atoms in total. The van der Waals surface area contributed by atoms with E-state index in [-0.39, 0.29) is 0 Å². The van der Waals surface area contributed by atoms with Gasteiger partial charge in [-0.1, -0.05) is 26.5 Å². The molecule has 0 unspecified atom stereocenters. The van der Waals surface area contributed by atoms with Crippen LogP contribution < -0.4 is 4.74 Å². The maximum Gasteiger partial charge on any atom is 0.119 e. The van der Waals surface area contributed by atoms with Crippen molar-refractivity contribution in [3.8, 4) is 5.75 Å². The van der Waals surface area contributed by atoms with Crippen molar-refractivity contribution in [2.75, 3.05) is 7.11 Å². The van der Waals surface area contributed by atoms with Crippen molar-refractivity contribution >= 4 is 6.08 Å². The fourth-order valence-corrected chi connectivity index (χ4v) is 1.71. The lowest BCUT2D eigenvalue weighted by molar-refractivity contribution is 0.413. The van der Waals surface area contributed by atoms with Gasteiger partial charge in [-0.2, -0.15) is 0 Å². The van der Waals surface area contributed by atoms with E-state index in [0.717, 1.165) is 18.6 Å². The SMILES string of the molecule is C=Cc1c(CC)cc(OC)cc1CC. The van der Waals surface area contributed by atoms with Crippen LogP contribution in [0.1, 0.15) is 30.5 Å². The highest BCUT2D eigenvalue weighted by molar-refractivity contribution is 5.59. The van der Waals surface area contributed by atoms with Gasteiger partial charge < -0.3 is 4.74 Å². The van der Waals surface area contributed by atoms with Gasteiger partial charge in [0.05, 0.1) is 7.11 Å². The molecule has 0 saturated carbocycles. The third-order valence-electron chi connectivity index (χ3n) is 2.53. The monoisotopic (exact) mass is 190 g/mol. The maximum absolute atomic E-state index is 5.26. The number of hydrogen-bond acceptors (Lipinski definition) is 1. The number of methoxy groups -OCH3 is 1. The first-order chi connectivity index (χ1) is 6.76. The topological polar surface area (TPSA) is 9.23 Å². The van der Waals surface area contributed by atoms with Gasteiger partial charge in [0.1, 0.15) is 5.75 Å². The van der Waals surface area contributed by atoms with E-state index in [0.29, 0.717) is 0 Å². The van der Waals surface area contributed by atoms with Crippen LogP contribution in [-0.2, 0) is 12.8 Å². The molecule has 0 bridgehead atoms. The molecular formula is C13H18O. The van der Waals surface area contributed by atoms with Crippen molar-refractivity contribution in [3.05, 3.63) is 35.4 Å². The summed E-state index contributed by atoms with van der Waals surface area (Å²) in [4.78, 5) is 0. The summed E-state index contributed by atoms with van der Waals surface area (Å²) in [7, 11) is 1.71. The molecule has 14 heavy (non-hydrogen) atoms. The van der Waals surface area contributed by atoms with E-state index in [1.54, 1.807) is 7.11 Å². The molecule has 1 heteroatoms. The van der Waals surface area contributed by atoms with Gasteiger partial charge in [0, 0.05) is 0 Å². The van der Waals surface area contributed by atoms with Gasteiger partial charge in [0.25, 0.3) is 0 Å². The molecular weight excluding hydrogens is 172 g/mol. The Kier molecular flexibility index (Phi) is 3.75. The van der Waals surface area contributed by atoms with Crippen LogP contribution in [0.15, 0.2) is 18.7 Å². The quantitative estimate of drug-likeness (QED) is 0.706. The molecule has 0 radical (unpaired) electrons. The van der Waals surface area contributed by atoms with Crippen LogP contribution in [0.3, 0.4) is 0 Å². The number of aryl methyl sites for hydroxylation is 2. The molecule has 1 aromatic carbocycles. The second-order valence-electron chi connectivity index (χ2n) is 3.27. The lowest BCUT2D eigenvalue weighted by atomic mass is 9.97. The fraction of sp³-hybridized carbons (Fsp3) is 0.385. The molecule has 0 fully saturated rings. The smallest absolute Gasteiger partial charge is 0.119 e. The molecule has 76 valence electrons. The predicted octanol–water partition coefficient (Wildman–Crippen LogP) is 3.46. The van der Waals surface area contributed by atoms with Crippen molar-refractivity contribution in [1.82, 2.24) is 0 Å². The van der Waals surface area contributed by atoms with E-state index in [1.165, 1.54) is 16.7 Å². The van der Waals surface area contributed by atoms with Gasteiger partial charge in [0.2, 0.25) is 0 Å². The van der Waals surface area contributed by atoms with E-state index in [9.17, 15) is 0 Å². The van der Waals surface area contributed by atoms with Crippen molar-refractivity contribution in [2.45, 2.75) is 26.7 Å². The molecule has 0 aromatic heterocycles. The van der Waals surface area contributed by atoms with Crippen LogP contribution in [0.4, 0.5) is 0 Å². The molecule has 0 N–H and O–H groups in total. The van der Waals surface area contributed by atoms with Gasteiger partial charge in [-0.3, -0.25) is 0 Å². The largest absolute Gasteiger partial charge is 0.497 e. The Morgan fingerprint density at radius 1 is 1.21 bits per heavy atom. The van der Waals surface area contributed by atoms with Gasteiger partial charge in [-0.05, 0) is 41.7 Å². The Labute approximate surface area is 86.4 Å². The van der Waals surface area contributed by atoms with Gasteiger partial charge in [0.15, 0.2) is 0 Å². The number of ether oxygens (including phenoxy) is 1. The summed E-state index contributed by atoms with van der Waals surface area (Å²) in [5.74, 6) is 0.948. The highest BCUT2D eigenvalue weighted by atomic mass is 16.5. The molecule has 1 rings (SSSR count). The van der Waals surface area contributed by atoms with E-state index < -0.39 is 0 Å². The zero-order valence-corrected chi connectivity index (χ0v) is 9.26. The lowest BCUT2D eigenvalue weighted by Crippen LogP contribution is -1.96. The molecule has 0 atom stereocenters. The molecule has 0 heterocycles. The highest BCUT2D eigenvalue weighted by Crippen LogP contribution is 2.24. The second-order valence-corrected chi connectivity index (χ2v) is 3.27. The number of benzene rings is 1. The predicted molar refractivity (Wildman–Crippen MR) is 61.8 cm³/mol. The maximum atomic E-state index is 5.26. The lowest BCUT2D eigenvalue weighted by Gasteiger charge is -2.11. The molecule has 0 saturated heterocycles. The van der Waals surface area contributed by atoms with Crippen LogP contribution in [0.2, 0.25) is 0 Å². The summed E-state index contributed by atoms with van der Waals surface area (Å²) in [6.07, 6.45) is 3.98. The second kappa shape index (κ2) is 4.85. The van der Waals surface area contributed by atoms with E-state index in [2.05, 4.69) is 32.6 Å². The number of hydrogen-bond donors (Lipinski definition) is 0. The van der Waals surface area contributed by atoms with Gasteiger partial charge >= 0.3 is 0 Å². The minimum absolute atomic E-state index is 0.948. The first-order valence-corrected chi connectivity index (χ1v) is 5.09. The summed E-state index contributed by atoms with van der Waals surface area (Å²) in [6.45, 7) is 8.17. The summed E-state index contributed by atoms with van der Waals surface area (Å²) < 4.78 is 5.26. The Hall–Kier alpha value is -1.24. The van der Waals surface area contributed by atoms with Gasteiger partial charge in [-0.15, -0.1) is 0 Å². The number of rotatable bonds is 4. The standard InChI is InChI=1S/C13H18O/c1-5-10-8-12(14-4)9-11(6-2)13(10)7-3/h7-9H,3,5-6H2,1-2,4H3. The summed E-state index contributed by atoms with van der Waals surface area (Å²) >= 11 is 0. The van der Waals surface area contributed by atoms with Crippen molar-refractivity contribution in [3.63, 3.8) is 0 Å². The van der Waals surface area contributed by atoms with E-state index >= 15 is 0 Å². The van der Waals surface area contributed by atoms with Crippen molar-refractivity contribution in [1.29, 1.82) is 0 Å². The Bertz CT molecular complexity index is 301. The van der Waals surface area contributed by atoms with Crippen LogP contribution in [0.25, 0.3) is 6.08 Å². The van der Waals surface area contributed by atoms with Crippen LogP contribution in [0, 0.1) is 0 Å². The fourth-order valence-electron chi connectivity index (χ4n) is 1.71. The Morgan fingerprint density at radius 3 is 2.00 bits per heavy atom. The first kappa shape index (κ1) is 10.8. The van der Waals surface area contributed by atoms with E-state index in [1.807, 2.05) is 6.08 Å². The average molecular weight is 190 g/mol. The third-order valence-corrected chi connectivity index (χ3v) is 2.53. The minimum Gasteiger partial charge on any atom is -0.497 e. The Morgan fingerprint density at radius 2 is 1.71 bits per heavy atom. The molecule has 1 aromatic rings. The molecule has 0 aliphatic carbocycles. The molecule has 0 spiro atoms. The Balaban J connectivity index is 3.31. The van der Waals surface area contributed by atoms with Crippen LogP contribution in [-0.4, -0.2) is 7.11 Å². The summed E-state index contributed by atoms with van der Waals surface area (Å²) in [6, 6.07) is 4.19. The average Bonchev–Trinajstić information content (AvgIpc) is 2.26. The van der Waals surface area contributed by atoms with Gasteiger partial charge in [-0.25, -0.2) is 0 Å². The minimum atomic E-state index is 0.948. The first-order valence-electron chi connectivity index (χ1n) is 5.09. The van der Waals surface area contributed by atoms with Crippen molar-refractivity contribution < 1.29 is 4.74 Å². The molecule has 0 aliphatic rings. The van der Waals surface area contributed by atoms with Crippen LogP contribution >= 0.6 is 0 Å². The van der Waals surface area contributed by atoms with Crippen molar-refractivity contribution in [2.24, 2.45) is 0 Å².